The SMILES string of the molecule is CCN(CC)c1ccc(/C=C2/CCC(C=N/N=c3/sc4ccccc4n3C)=C2N2CCOCC2)cc1. The number of allylic oxidation sites excluding steroid dienone is 2. The fraction of sp³-hybridized carbons (Fsp3) is 0.379. The first-order valence-electron chi connectivity index (χ1n) is 12.9. The first-order valence-corrected chi connectivity index (χ1v) is 13.7. The van der Waals surface area contributed by atoms with Gasteiger partial charge in [0.15, 0.2) is 0 Å². The summed E-state index contributed by atoms with van der Waals surface area (Å²) in [6, 6.07) is 17.3. The van der Waals surface area contributed by atoms with Gasteiger partial charge in [0.05, 0.1) is 29.6 Å². The third-order valence-corrected chi connectivity index (χ3v) is 8.14. The molecule has 5 rings (SSSR count). The molecule has 2 aliphatic rings. The molecule has 0 radical (unpaired) electrons. The molecule has 0 amide bonds. The lowest BCUT2D eigenvalue weighted by Gasteiger charge is -2.31. The summed E-state index contributed by atoms with van der Waals surface area (Å²) < 4.78 is 8.97. The van der Waals surface area contributed by atoms with Crippen molar-refractivity contribution in [2.45, 2.75) is 26.7 Å². The fourth-order valence-electron chi connectivity index (χ4n) is 5.07. The molecule has 0 bridgehead atoms. The average molecular weight is 502 g/mol. The fourth-order valence-corrected chi connectivity index (χ4v) is 6.04. The van der Waals surface area contributed by atoms with E-state index in [1.807, 2.05) is 13.3 Å². The summed E-state index contributed by atoms with van der Waals surface area (Å²) in [7, 11) is 2.05. The summed E-state index contributed by atoms with van der Waals surface area (Å²) >= 11 is 1.67. The van der Waals surface area contributed by atoms with Crippen molar-refractivity contribution >= 4 is 39.5 Å². The molecule has 0 saturated carbocycles. The number of nitrogens with zero attached hydrogens (tertiary/aromatic N) is 5. The molecular weight excluding hydrogens is 466 g/mol. The molecule has 0 unspecified atom stereocenters. The highest BCUT2D eigenvalue weighted by atomic mass is 32.1. The highest BCUT2D eigenvalue weighted by Crippen LogP contribution is 2.35. The number of thiazole rings is 1. The van der Waals surface area contributed by atoms with E-state index in [2.05, 4.69) is 93.0 Å². The summed E-state index contributed by atoms with van der Waals surface area (Å²) in [5, 5.41) is 9.14. The maximum Gasteiger partial charge on any atom is 0.211 e. The number of aryl methyl sites for hydroxylation is 1. The number of hydrogen-bond acceptors (Lipinski definition) is 6. The topological polar surface area (TPSA) is 45.4 Å². The number of para-hydroxylation sites is 1. The standard InChI is InChI=1S/C29H35N5OS/c1-4-33(5-2)25-14-10-22(11-15-25)20-23-12-13-24(28(23)34-16-18-35-19-17-34)21-30-31-29-32(3)26-8-6-7-9-27(26)36-29/h6-11,14-15,20-21H,4-5,12-13,16-19H2,1-3H3/b23-20-,30-21?,31-29+. The van der Waals surface area contributed by atoms with Gasteiger partial charge in [-0.1, -0.05) is 35.6 Å². The normalized spacial score (nSPS) is 18.4. The zero-order valence-electron chi connectivity index (χ0n) is 21.5. The third-order valence-electron chi connectivity index (χ3n) is 7.03. The van der Waals surface area contributed by atoms with E-state index in [1.165, 1.54) is 38.3 Å². The second-order valence-corrected chi connectivity index (χ2v) is 10.2. The Kier molecular flexibility index (Phi) is 7.68. The first kappa shape index (κ1) is 24.5. The number of morpholine rings is 1. The minimum Gasteiger partial charge on any atom is -0.378 e. The van der Waals surface area contributed by atoms with Crippen LogP contribution in [0, 0.1) is 0 Å². The number of benzene rings is 2. The van der Waals surface area contributed by atoms with Gasteiger partial charge in [0.1, 0.15) is 0 Å². The van der Waals surface area contributed by atoms with Gasteiger partial charge < -0.3 is 19.1 Å². The van der Waals surface area contributed by atoms with Crippen LogP contribution in [0.3, 0.4) is 0 Å². The van der Waals surface area contributed by atoms with Gasteiger partial charge in [-0.2, -0.15) is 5.10 Å². The molecule has 2 heterocycles. The molecule has 6 nitrogen and oxygen atoms in total. The molecule has 188 valence electrons. The van der Waals surface area contributed by atoms with E-state index in [-0.39, 0.29) is 0 Å². The van der Waals surface area contributed by atoms with E-state index >= 15 is 0 Å². The molecule has 1 aliphatic carbocycles. The number of fused-ring (bicyclic) bond motifs is 1. The highest BCUT2D eigenvalue weighted by molar-refractivity contribution is 7.16. The van der Waals surface area contributed by atoms with Gasteiger partial charge in [0.2, 0.25) is 4.80 Å². The van der Waals surface area contributed by atoms with Crippen molar-refractivity contribution in [1.82, 2.24) is 9.47 Å². The molecule has 0 spiro atoms. The number of hydrogen-bond donors (Lipinski definition) is 0. The van der Waals surface area contributed by atoms with Crippen LogP contribution >= 0.6 is 11.3 Å². The molecule has 36 heavy (non-hydrogen) atoms. The zero-order chi connectivity index (χ0) is 24.9. The molecule has 1 aromatic heterocycles. The van der Waals surface area contributed by atoms with Gasteiger partial charge >= 0.3 is 0 Å². The molecular formula is C29H35N5OS. The van der Waals surface area contributed by atoms with E-state index in [4.69, 9.17) is 4.74 Å². The predicted octanol–water partition coefficient (Wildman–Crippen LogP) is 5.44. The lowest BCUT2D eigenvalue weighted by Crippen LogP contribution is -2.36. The molecule has 7 heteroatoms. The Morgan fingerprint density at radius 1 is 1.00 bits per heavy atom. The number of ether oxygens (including phenoxy) is 1. The summed E-state index contributed by atoms with van der Waals surface area (Å²) in [4.78, 5) is 5.75. The van der Waals surface area contributed by atoms with Crippen LogP contribution < -0.4 is 9.70 Å². The minimum absolute atomic E-state index is 0.766. The van der Waals surface area contributed by atoms with Gasteiger partial charge in [-0.25, -0.2) is 0 Å². The van der Waals surface area contributed by atoms with Gasteiger partial charge in [-0.05, 0) is 73.7 Å². The van der Waals surface area contributed by atoms with E-state index in [0.717, 1.165) is 57.0 Å². The Morgan fingerprint density at radius 3 is 2.47 bits per heavy atom. The molecule has 1 aliphatic heterocycles. The van der Waals surface area contributed by atoms with Gasteiger partial charge in [-0.3, -0.25) is 0 Å². The smallest absolute Gasteiger partial charge is 0.211 e. The van der Waals surface area contributed by atoms with Crippen LogP contribution in [0.15, 0.2) is 75.6 Å². The third kappa shape index (κ3) is 5.18. The van der Waals surface area contributed by atoms with E-state index < -0.39 is 0 Å². The molecule has 0 atom stereocenters. The largest absolute Gasteiger partial charge is 0.378 e. The van der Waals surface area contributed by atoms with Crippen LogP contribution in [0.25, 0.3) is 16.3 Å². The Labute approximate surface area is 217 Å². The molecule has 3 aromatic rings. The monoisotopic (exact) mass is 501 g/mol. The van der Waals surface area contributed by atoms with Crippen molar-refractivity contribution in [3.05, 3.63) is 75.7 Å². The van der Waals surface area contributed by atoms with Crippen molar-refractivity contribution in [2.75, 3.05) is 44.3 Å². The summed E-state index contributed by atoms with van der Waals surface area (Å²) in [5.74, 6) is 0. The van der Waals surface area contributed by atoms with Crippen LogP contribution in [0.4, 0.5) is 5.69 Å². The quantitative estimate of drug-likeness (QED) is 0.320. The molecule has 1 fully saturated rings. The zero-order valence-corrected chi connectivity index (χ0v) is 22.3. The molecule has 2 aromatic carbocycles. The van der Waals surface area contributed by atoms with Crippen LogP contribution in [-0.4, -0.2) is 55.1 Å². The Hall–Kier alpha value is -3.16. The Balaban J connectivity index is 1.45. The second kappa shape index (κ2) is 11.3. The van der Waals surface area contributed by atoms with Crippen LogP contribution in [0.1, 0.15) is 32.3 Å². The lowest BCUT2D eigenvalue weighted by atomic mass is 10.1. The second-order valence-electron chi connectivity index (χ2n) is 9.16. The van der Waals surface area contributed by atoms with E-state index in [9.17, 15) is 0 Å². The van der Waals surface area contributed by atoms with Crippen LogP contribution in [0.2, 0.25) is 0 Å². The van der Waals surface area contributed by atoms with Crippen molar-refractivity contribution in [1.29, 1.82) is 0 Å². The van der Waals surface area contributed by atoms with Crippen molar-refractivity contribution in [3.8, 4) is 0 Å². The van der Waals surface area contributed by atoms with Gasteiger partial charge in [0.25, 0.3) is 0 Å². The highest BCUT2D eigenvalue weighted by Gasteiger charge is 2.25. The van der Waals surface area contributed by atoms with Crippen molar-refractivity contribution in [3.63, 3.8) is 0 Å². The first-order chi connectivity index (χ1) is 17.7. The van der Waals surface area contributed by atoms with Crippen LogP contribution in [0.5, 0.6) is 0 Å². The Bertz CT molecular complexity index is 1350. The maximum atomic E-state index is 5.64. The Morgan fingerprint density at radius 2 is 1.75 bits per heavy atom. The van der Waals surface area contributed by atoms with E-state index in [1.54, 1.807) is 11.3 Å². The van der Waals surface area contributed by atoms with E-state index in [0.29, 0.717) is 0 Å². The summed E-state index contributed by atoms with van der Waals surface area (Å²) in [6.07, 6.45) is 6.32. The molecule has 1 saturated heterocycles. The lowest BCUT2D eigenvalue weighted by molar-refractivity contribution is 0.0548. The summed E-state index contributed by atoms with van der Waals surface area (Å²) in [6.45, 7) is 9.80. The van der Waals surface area contributed by atoms with Gasteiger partial charge in [0, 0.05) is 44.6 Å². The predicted molar refractivity (Wildman–Crippen MR) is 151 cm³/mol. The van der Waals surface area contributed by atoms with Crippen molar-refractivity contribution < 1.29 is 4.74 Å². The average Bonchev–Trinajstić information content (AvgIpc) is 3.46. The minimum atomic E-state index is 0.766. The number of aromatic nitrogens is 1. The number of rotatable bonds is 7. The summed E-state index contributed by atoms with van der Waals surface area (Å²) in [5.41, 5.74) is 7.65. The molecule has 0 N–H and O–H groups in total. The number of anilines is 1. The maximum absolute atomic E-state index is 5.64. The van der Waals surface area contributed by atoms with Gasteiger partial charge in [-0.15, -0.1) is 5.10 Å². The van der Waals surface area contributed by atoms with Crippen LogP contribution in [-0.2, 0) is 11.8 Å². The van der Waals surface area contributed by atoms with Crippen molar-refractivity contribution in [2.24, 2.45) is 17.3 Å².